The quantitative estimate of drug-likeness (QED) is 0.368. The van der Waals surface area contributed by atoms with Crippen LogP contribution in [-0.4, -0.2) is 45.7 Å². The van der Waals surface area contributed by atoms with Crippen molar-refractivity contribution in [3.63, 3.8) is 0 Å². The number of hydrogen-bond donors (Lipinski definition) is 1. The van der Waals surface area contributed by atoms with E-state index in [2.05, 4.69) is 27.6 Å². The fourth-order valence-corrected chi connectivity index (χ4v) is 3.69. The Morgan fingerprint density at radius 3 is 2.73 bits per heavy atom. The summed E-state index contributed by atoms with van der Waals surface area (Å²) in [5, 5.41) is 12.4. The van der Waals surface area contributed by atoms with Crippen LogP contribution in [0.5, 0.6) is 0 Å². The van der Waals surface area contributed by atoms with E-state index in [-0.39, 0.29) is 17.8 Å². The van der Waals surface area contributed by atoms with E-state index in [1.165, 1.54) is 11.8 Å². The molecule has 3 aromatic rings. The molecule has 1 aromatic carbocycles. The van der Waals surface area contributed by atoms with Gasteiger partial charge in [-0.2, -0.15) is 0 Å². The molecule has 0 saturated heterocycles. The van der Waals surface area contributed by atoms with Gasteiger partial charge in [0, 0.05) is 13.2 Å². The predicted molar refractivity (Wildman–Crippen MR) is 117 cm³/mol. The number of carbonyl (C=O) groups excluding carboxylic acids is 1. The molecule has 0 saturated carbocycles. The number of aryl methyl sites for hydroxylation is 1. The van der Waals surface area contributed by atoms with Crippen molar-refractivity contribution in [2.45, 2.75) is 45.0 Å². The minimum atomic E-state index is -0.0279. The summed E-state index contributed by atoms with van der Waals surface area (Å²) in [5.74, 6) is 1.77. The van der Waals surface area contributed by atoms with Crippen molar-refractivity contribution in [1.29, 1.82) is 0 Å². The fraction of sp³-hybridized carbons (Fsp3) is 0.409. The smallest absolute Gasteiger partial charge is 0.230 e. The number of rotatable bonds is 11. The average Bonchev–Trinajstić information content (AvgIpc) is 3.32. The Labute approximate surface area is 181 Å². The summed E-state index contributed by atoms with van der Waals surface area (Å²) in [5.41, 5.74) is 2.04. The number of nitrogens with zero attached hydrogens (tertiary/aromatic N) is 3. The molecule has 30 heavy (non-hydrogen) atoms. The first kappa shape index (κ1) is 22.1. The second-order valence-electron chi connectivity index (χ2n) is 7.18. The zero-order valence-corrected chi connectivity index (χ0v) is 18.4. The highest BCUT2D eigenvalue weighted by atomic mass is 32.2. The maximum atomic E-state index is 12.2. The van der Waals surface area contributed by atoms with Crippen LogP contribution in [0.25, 0.3) is 11.4 Å². The molecule has 2 heterocycles. The Kier molecular flexibility index (Phi) is 8.10. The van der Waals surface area contributed by atoms with E-state index in [1.807, 2.05) is 49.6 Å². The SMILES string of the molecule is Cc1occc1-c1nnc(SCC(=O)NCCCOC(C)C)n1Cc1ccccc1. The maximum absolute atomic E-state index is 12.2. The van der Waals surface area contributed by atoms with Crippen molar-refractivity contribution in [3.8, 4) is 11.4 Å². The van der Waals surface area contributed by atoms with Crippen LogP contribution in [0.4, 0.5) is 0 Å². The molecule has 0 unspecified atom stereocenters. The topological polar surface area (TPSA) is 82.2 Å². The van der Waals surface area contributed by atoms with E-state index < -0.39 is 0 Å². The minimum Gasteiger partial charge on any atom is -0.469 e. The third-order valence-corrected chi connectivity index (χ3v) is 5.39. The van der Waals surface area contributed by atoms with Gasteiger partial charge in [0.25, 0.3) is 0 Å². The molecule has 7 nitrogen and oxygen atoms in total. The van der Waals surface area contributed by atoms with Crippen LogP contribution in [0.15, 0.2) is 52.2 Å². The Morgan fingerprint density at radius 1 is 1.23 bits per heavy atom. The van der Waals surface area contributed by atoms with Gasteiger partial charge in [0.15, 0.2) is 11.0 Å². The molecule has 0 radical (unpaired) electrons. The highest BCUT2D eigenvalue weighted by Crippen LogP contribution is 2.27. The average molecular weight is 429 g/mol. The van der Waals surface area contributed by atoms with E-state index in [0.29, 0.717) is 24.9 Å². The zero-order valence-electron chi connectivity index (χ0n) is 17.6. The summed E-state index contributed by atoms with van der Waals surface area (Å²) < 4.78 is 13.0. The molecule has 3 rings (SSSR count). The third-order valence-electron chi connectivity index (χ3n) is 4.43. The van der Waals surface area contributed by atoms with Gasteiger partial charge in [-0.05, 0) is 38.8 Å². The second-order valence-corrected chi connectivity index (χ2v) is 8.12. The molecule has 1 amide bonds. The summed E-state index contributed by atoms with van der Waals surface area (Å²) in [4.78, 5) is 12.2. The molecule has 0 bridgehead atoms. The lowest BCUT2D eigenvalue weighted by atomic mass is 10.2. The van der Waals surface area contributed by atoms with Gasteiger partial charge in [-0.1, -0.05) is 42.1 Å². The zero-order chi connectivity index (χ0) is 21.3. The van der Waals surface area contributed by atoms with Crippen LogP contribution < -0.4 is 5.32 Å². The Balaban J connectivity index is 1.65. The van der Waals surface area contributed by atoms with Crippen molar-refractivity contribution >= 4 is 17.7 Å². The molecular weight excluding hydrogens is 400 g/mol. The molecule has 2 aromatic heterocycles. The van der Waals surface area contributed by atoms with Crippen molar-refractivity contribution in [1.82, 2.24) is 20.1 Å². The monoisotopic (exact) mass is 428 g/mol. The number of aromatic nitrogens is 3. The Bertz CT molecular complexity index is 937. The van der Waals surface area contributed by atoms with Crippen molar-refractivity contribution in [2.75, 3.05) is 18.9 Å². The fourth-order valence-electron chi connectivity index (χ4n) is 2.92. The van der Waals surface area contributed by atoms with Crippen LogP contribution in [0, 0.1) is 6.92 Å². The first-order valence-corrected chi connectivity index (χ1v) is 11.1. The largest absolute Gasteiger partial charge is 0.469 e. The van der Waals surface area contributed by atoms with Gasteiger partial charge in [-0.15, -0.1) is 10.2 Å². The van der Waals surface area contributed by atoms with Gasteiger partial charge >= 0.3 is 0 Å². The van der Waals surface area contributed by atoms with Crippen LogP contribution in [0.1, 0.15) is 31.6 Å². The second kappa shape index (κ2) is 11.0. The Morgan fingerprint density at radius 2 is 2.03 bits per heavy atom. The number of thioether (sulfide) groups is 1. The normalized spacial score (nSPS) is 11.2. The van der Waals surface area contributed by atoms with Gasteiger partial charge in [-0.3, -0.25) is 9.36 Å². The van der Waals surface area contributed by atoms with Gasteiger partial charge in [-0.25, -0.2) is 0 Å². The molecule has 0 aliphatic rings. The van der Waals surface area contributed by atoms with Crippen LogP contribution in [-0.2, 0) is 16.1 Å². The lowest BCUT2D eigenvalue weighted by Crippen LogP contribution is -2.27. The maximum Gasteiger partial charge on any atom is 0.230 e. The van der Waals surface area contributed by atoms with Gasteiger partial charge in [0.2, 0.25) is 5.91 Å². The third kappa shape index (κ3) is 6.21. The highest BCUT2D eigenvalue weighted by Gasteiger charge is 2.18. The summed E-state index contributed by atoms with van der Waals surface area (Å²) >= 11 is 1.38. The van der Waals surface area contributed by atoms with Gasteiger partial charge < -0.3 is 14.5 Å². The van der Waals surface area contributed by atoms with E-state index in [4.69, 9.17) is 9.15 Å². The number of furan rings is 1. The van der Waals surface area contributed by atoms with E-state index in [9.17, 15) is 4.79 Å². The van der Waals surface area contributed by atoms with Crippen LogP contribution in [0.3, 0.4) is 0 Å². The molecule has 0 aliphatic carbocycles. The number of benzene rings is 1. The summed E-state index contributed by atoms with van der Waals surface area (Å²) in [6.45, 7) is 7.76. The van der Waals surface area contributed by atoms with Gasteiger partial charge in [0.05, 0.1) is 30.2 Å². The Hall–Kier alpha value is -2.58. The molecule has 0 fully saturated rings. The lowest BCUT2D eigenvalue weighted by Gasteiger charge is -2.10. The first-order valence-electron chi connectivity index (χ1n) is 10.1. The van der Waals surface area contributed by atoms with E-state index in [1.54, 1.807) is 6.26 Å². The molecule has 1 N–H and O–H groups in total. The van der Waals surface area contributed by atoms with Crippen molar-refractivity contribution < 1.29 is 13.9 Å². The summed E-state index contributed by atoms with van der Waals surface area (Å²) in [6, 6.07) is 12.0. The first-order chi connectivity index (χ1) is 14.5. The highest BCUT2D eigenvalue weighted by molar-refractivity contribution is 7.99. The standard InChI is InChI=1S/C22H28N4O3S/c1-16(2)28-12-7-11-23-20(27)15-30-22-25-24-21(19-10-13-29-17(19)3)26(22)14-18-8-5-4-6-9-18/h4-6,8-10,13,16H,7,11-12,14-15H2,1-3H3,(H,23,27). The summed E-state index contributed by atoms with van der Waals surface area (Å²) in [6.07, 6.45) is 2.65. The number of ether oxygens (including phenoxy) is 1. The van der Waals surface area contributed by atoms with Gasteiger partial charge in [0.1, 0.15) is 5.76 Å². The molecular formula is C22H28N4O3S. The van der Waals surface area contributed by atoms with E-state index >= 15 is 0 Å². The molecule has 0 spiro atoms. The molecule has 0 aliphatic heterocycles. The number of carbonyl (C=O) groups is 1. The summed E-state index contributed by atoms with van der Waals surface area (Å²) in [7, 11) is 0. The van der Waals surface area contributed by atoms with Crippen LogP contribution >= 0.6 is 11.8 Å². The van der Waals surface area contributed by atoms with Crippen LogP contribution in [0.2, 0.25) is 0 Å². The number of nitrogens with one attached hydrogen (secondary N) is 1. The van der Waals surface area contributed by atoms with Crippen molar-refractivity contribution in [3.05, 3.63) is 54.0 Å². The minimum absolute atomic E-state index is 0.0279. The number of hydrogen-bond acceptors (Lipinski definition) is 6. The molecule has 0 atom stereocenters. The molecule has 8 heteroatoms. The lowest BCUT2D eigenvalue weighted by molar-refractivity contribution is -0.118. The van der Waals surface area contributed by atoms with E-state index in [0.717, 1.165) is 29.1 Å². The van der Waals surface area contributed by atoms with Crippen molar-refractivity contribution in [2.24, 2.45) is 0 Å². The number of amides is 1. The predicted octanol–water partition coefficient (Wildman–Crippen LogP) is 3.92. The molecule has 160 valence electrons.